The Bertz CT molecular complexity index is 717. The van der Waals surface area contributed by atoms with Crippen molar-refractivity contribution in [1.82, 2.24) is 20.1 Å². The number of aryl methyl sites for hydroxylation is 1. The van der Waals surface area contributed by atoms with Crippen molar-refractivity contribution in [2.45, 2.75) is 45.4 Å². The molecule has 136 valence electrons. The molecule has 3 heterocycles. The first-order valence-corrected chi connectivity index (χ1v) is 8.81. The number of nitrogens with zero attached hydrogens (tertiary/aromatic N) is 5. The lowest BCUT2D eigenvalue weighted by Gasteiger charge is -2.33. The maximum Gasteiger partial charge on any atom is 0.231 e. The van der Waals surface area contributed by atoms with Crippen LogP contribution in [-0.4, -0.2) is 46.9 Å². The average Bonchev–Trinajstić information content (AvgIpc) is 3.08. The third-order valence-electron chi connectivity index (χ3n) is 4.65. The maximum absolute atomic E-state index is 5.88. The van der Waals surface area contributed by atoms with Gasteiger partial charge in [-0.3, -0.25) is 0 Å². The molecule has 1 unspecified atom stereocenters. The molecular formula is C17H26N6O2. The maximum atomic E-state index is 5.88. The van der Waals surface area contributed by atoms with Crippen LogP contribution >= 0.6 is 0 Å². The van der Waals surface area contributed by atoms with Crippen molar-refractivity contribution in [2.24, 2.45) is 0 Å². The van der Waals surface area contributed by atoms with Crippen molar-refractivity contribution in [3.8, 4) is 0 Å². The van der Waals surface area contributed by atoms with Crippen LogP contribution in [0.4, 0.5) is 11.8 Å². The van der Waals surface area contributed by atoms with Crippen LogP contribution in [0.2, 0.25) is 0 Å². The number of rotatable bonds is 6. The number of aromatic nitrogens is 4. The van der Waals surface area contributed by atoms with Crippen molar-refractivity contribution in [2.75, 3.05) is 37.4 Å². The minimum atomic E-state index is 0.207. The molecule has 8 nitrogen and oxygen atoms in total. The fraction of sp³-hybridized carbons (Fsp3) is 0.647. The molecule has 0 saturated carbocycles. The second-order valence-electron chi connectivity index (χ2n) is 6.40. The van der Waals surface area contributed by atoms with Gasteiger partial charge in [0.25, 0.3) is 0 Å². The molecule has 1 atom stereocenters. The van der Waals surface area contributed by atoms with Crippen LogP contribution in [0.1, 0.15) is 48.7 Å². The largest absolute Gasteiger partial charge is 0.384 e. The van der Waals surface area contributed by atoms with Gasteiger partial charge in [0.2, 0.25) is 11.8 Å². The Hall–Kier alpha value is -2.22. The smallest absolute Gasteiger partial charge is 0.231 e. The van der Waals surface area contributed by atoms with Crippen LogP contribution in [0.25, 0.3) is 0 Å². The zero-order chi connectivity index (χ0) is 17.8. The lowest BCUT2D eigenvalue weighted by molar-refractivity contribution is 0.199. The van der Waals surface area contributed by atoms with E-state index in [9.17, 15) is 0 Å². The third kappa shape index (κ3) is 3.89. The minimum Gasteiger partial charge on any atom is -0.384 e. The number of piperidine rings is 1. The number of hydrogen-bond acceptors (Lipinski definition) is 8. The number of nitrogen functional groups attached to an aromatic ring is 1. The molecule has 2 aromatic heterocycles. The van der Waals surface area contributed by atoms with Crippen molar-refractivity contribution in [1.29, 1.82) is 0 Å². The van der Waals surface area contributed by atoms with Crippen LogP contribution in [0, 0.1) is 6.92 Å². The van der Waals surface area contributed by atoms with E-state index in [0.717, 1.165) is 49.4 Å². The van der Waals surface area contributed by atoms with E-state index < -0.39 is 0 Å². The summed E-state index contributed by atoms with van der Waals surface area (Å²) >= 11 is 0. The number of ether oxygens (including phenoxy) is 1. The molecule has 0 aromatic carbocycles. The Labute approximate surface area is 147 Å². The molecule has 3 rings (SSSR count). The molecule has 1 aliphatic heterocycles. The van der Waals surface area contributed by atoms with Gasteiger partial charge >= 0.3 is 0 Å². The molecule has 0 radical (unpaired) electrons. The summed E-state index contributed by atoms with van der Waals surface area (Å²) in [6.07, 6.45) is 3.62. The lowest BCUT2D eigenvalue weighted by Crippen LogP contribution is -2.36. The molecule has 0 amide bonds. The van der Waals surface area contributed by atoms with Gasteiger partial charge in [-0.1, -0.05) is 12.1 Å². The van der Waals surface area contributed by atoms with E-state index >= 15 is 0 Å². The third-order valence-corrected chi connectivity index (χ3v) is 4.65. The van der Waals surface area contributed by atoms with Gasteiger partial charge in [0.1, 0.15) is 5.82 Å². The number of methoxy groups -OCH3 is 1. The highest BCUT2D eigenvalue weighted by Crippen LogP contribution is 2.31. The zero-order valence-corrected chi connectivity index (χ0v) is 15.2. The van der Waals surface area contributed by atoms with Crippen LogP contribution in [0.15, 0.2) is 4.52 Å². The summed E-state index contributed by atoms with van der Waals surface area (Å²) in [7, 11) is 1.67. The van der Waals surface area contributed by atoms with Crippen LogP contribution in [-0.2, 0) is 17.6 Å². The topological polar surface area (TPSA) is 103 Å². The number of anilines is 2. The summed E-state index contributed by atoms with van der Waals surface area (Å²) < 4.78 is 10.6. The summed E-state index contributed by atoms with van der Waals surface area (Å²) in [5.41, 5.74) is 7.99. The molecule has 1 aliphatic rings. The van der Waals surface area contributed by atoms with Gasteiger partial charge in [-0.2, -0.15) is 9.97 Å². The lowest BCUT2D eigenvalue weighted by atomic mass is 9.97. The van der Waals surface area contributed by atoms with Gasteiger partial charge < -0.3 is 19.9 Å². The van der Waals surface area contributed by atoms with E-state index in [4.69, 9.17) is 15.0 Å². The van der Waals surface area contributed by atoms with E-state index in [-0.39, 0.29) is 5.92 Å². The number of hydrogen-bond donors (Lipinski definition) is 1. The monoisotopic (exact) mass is 346 g/mol. The molecule has 25 heavy (non-hydrogen) atoms. The van der Waals surface area contributed by atoms with Crippen molar-refractivity contribution >= 4 is 11.8 Å². The van der Waals surface area contributed by atoms with Crippen molar-refractivity contribution in [3.63, 3.8) is 0 Å². The first-order valence-electron chi connectivity index (χ1n) is 8.81. The normalized spacial score (nSPS) is 17.9. The Morgan fingerprint density at radius 2 is 2.16 bits per heavy atom. The fourth-order valence-electron chi connectivity index (χ4n) is 3.38. The molecule has 8 heteroatoms. The van der Waals surface area contributed by atoms with E-state index in [0.29, 0.717) is 30.7 Å². The SMILES string of the molecule is CCc1c(C)nc(N)nc1N1CCCC(c2nc(CCOC)no2)C1. The van der Waals surface area contributed by atoms with Crippen molar-refractivity contribution in [3.05, 3.63) is 23.0 Å². The average molecular weight is 346 g/mol. The molecule has 1 saturated heterocycles. The summed E-state index contributed by atoms with van der Waals surface area (Å²) in [5.74, 6) is 2.87. The van der Waals surface area contributed by atoms with E-state index in [1.54, 1.807) is 7.11 Å². The van der Waals surface area contributed by atoms with Gasteiger partial charge in [-0.15, -0.1) is 0 Å². The first-order chi connectivity index (χ1) is 12.1. The molecule has 0 bridgehead atoms. The highest BCUT2D eigenvalue weighted by Gasteiger charge is 2.28. The molecule has 2 aromatic rings. The van der Waals surface area contributed by atoms with Gasteiger partial charge in [0.05, 0.1) is 12.5 Å². The molecule has 0 spiro atoms. The van der Waals surface area contributed by atoms with Gasteiger partial charge in [-0.05, 0) is 26.2 Å². The number of nitrogens with two attached hydrogens (primary N) is 1. The van der Waals surface area contributed by atoms with Crippen LogP contribution < -0.4 is 10.6 Å². The zero-order valence-electron chi connectivity index (χ0n) is 15.2. The molecule has 2 N–H and O–H groups in total. The predicted octanol–water partition coefficient (Wildman–Crippen LogP) is 1.89. The Morgan fingerprint density at radius 1 is 1.32 bits per heavy atom. The van der Waals surface area contributed by atoms with Crippen LogP contribution in [0.5, 0.6) is 0 Å². The summed E-state index contributed by atoms with van der Waals surface area (Å²) in [6.45, 7) is 6.45. The van der Waals surface area contributed by atoms with Crippen LogP contribution in [0.3, 0.4) is 0 Å². The van der Waals surface area contributed by atoms with E-state index in [1.807, 2.05) is 6.92 Å². The molecular weight excluding hydrogens is 320 g/mol. The van der Waals surface area contributed by atoms with E-state index in [2.05, 4.69) is 31.9 Å². The molecule has 0 aliphatic carbocycles. The highest BCUT2D eigenvalue weighted by atomic mass is 16.5. The highest BCUT2D eigenvalue weighted by molar-refractivity contribution is 5.52. The molecule has 1 fully saturated rings. The van der Waals surface area contributed by atoms with Gasteiger partial charge in [0, 0.05) is 37.9 Å². The quantitative estimate of drug-likeness (QED) is 0.845. The second-order valence-corrected chi connectivity index (χ2v) is 6.40. The fourth-order valence-corrected chi connectivity index (χ4v) is 3.38. The minimum absolute atomic E-state index is 0.207. The Morgan fingerprint density at radius 3 is 2.92 bits per heavy atom. The Kier molecular flexibility index (Phi) is 5.47. The summed E-state index contributed by atoms with van der Waals surface area (Å²) in [6, 6.07) is 0. The van der Waals surface area contributed by atoms with Crippen molar-refractivity contribution < 1.29 is 9.26 Å². The van der Waals surface area contributed by atoms with Gasteiger partial charge in [0.15, 0.2) is 5.82 Å². The standard InChI is InChI=1S/C17H26N6O2/c1-4-13-11(2)19-17(18)21-15(13)23-8-5-6-12(10-23)16-20-14(22-25-16)7-9-24-3/h12H,4-10H2,1-3H3,(H2,18,19,21). The Balaban J connectivity index is 1.78. The summed E-state index contributed by atoms with van der Waals surface area (Å²) in [5, 5.41) is 4.06. The van der Waals surface area contributed by atoms with Gasteiger partial charge in [-0.25, -0.2) is 4.98 Å². The first kappa shape index (κ1) is 17.6. The predicted molar refractivity (Wildman–Crippen MR) is 94.6 cm³/mol. The van der Waals surface area contributed by atoms with E-state index in [1.165, 1.54) is 0 Å². The second kappa shape index (κ2) is 7.77. The summed E-state index contributed by atoms with van der Waals surface area (Å²) in [4.78, 5) is 15.6.